The number of fused-ring (bicyclic) bond motifs is 2. The Hall–Kier alpha value is -3.30. The zero-order valence-corrected chi connectivity index (χ0v) is 17.6. The van der Waals surface area contributed by atoms with E-state index >= 15 is 0 Å². The molecule has 8 nitrogen and oxygen atoms in total. The smallest absolute Gasteiger partial charge is 0.338 e. The minimum absolute atomic E-state index is 0.198. The number of esters is 1. The molecule has 2 aromatic heterocycles. The standard InChI is InChI=1S/C22H20N4O4S/c1-2-29-21(28)14-3-5-15-16(10-14)25-22(24-15)26-19(27)17-11-31-20(23-17)13-4-6-18-12(9-13)7-8-30-18/h3-5,9-11,18H,2,6-8H2,1H3,(H2,24,25,26,27). The lowest BCUT2D eigenvalue weighted by molar-refractivity contribution is 0.0526. The number of carbonyl (C=O) groups is 2. The summed E-state index contributed by atoms with van der Waals surface area (Å²) in [6, 6.07) is 5.00. The third-order valence-electron chi connectivity index (χ3n) is 5.22. The summed E-state index contributed by atoms with van der Waals surface area (Å²) in [5.74, 6) is -0.458. The van der Waals surface area contributed by atoms with Gasteiger partial charge in [-0.25, -0.2) is 14.8 Å². The Morgan fingerprint density at radius 1 is 1.35 bits per heavy atom. The minimum Gasteiger partial charge on any atom is -0.462 e. The highest BCUT2D eigenvalue weighted by Crippen LogP contribution is 2.33. The van der Waals surface area contributed by atoms with E-state index in [1.54, 1.807) is 30.5 Å². The number of ether oxygens (including phenoxy) is 2. The van der Waals surface area contributed by atoms with Gasteiger partial charge >= 0.3 is 5.97 Å². The monoisotopic (exact) mass is 436 g/mol. The molecule has 3 heterocycles. The lowest BCUT2D eigenvalue weighted by Crippen LogP contribution is -2.13. The Morgan fingerprint density at radius 3 is 3.13 bits per heavy atom. The molecule has 1 fully saturated rings. The first-order valence-electron chi connectivity index (χ1n) is 10.1. The van der Waals surface area contributed by atoms with Crippen molar-refractivity contribution in [3.05, 3.63) is 57.6 Å². The van der Waals surface area contributed by atoms with Crippen LogP contribution in [0.15, 0.2) is 41.3 Å². The highest BCUT2D eigenvalue weighted by Gasteiger charge is 2.25. The van der Waals surface area contributed by atoms with Gasteiger partial charge in [0, 0.05) is 11.0 Å². The largest absolute Gasteiger partial charge is 0.462 e. The van der Waals surface area contributed by atoms with Crippen LogP contribution in [0.25, 0.3) is 16.6 Å². The van der Waals surface area contributed by atoms with Gasteiger partial charge in [0.1, 0.15) is 10.7 Å². The number of nitrogens with zero attached hydrogens (tertiary/aromatic N) is 2. The van der Waals surface area contributed by atoms with Gasteiger partial charge in [0.25, 0.3) is 5.91 Å². The zero-order valence-electron chi connectivity index (χ0n) is 16.8. The number of rotatable bonds is 5. The highest BCUT2D eigenvalue weighted by atomic mass is 32.1. The number of aromatic nitrogens is 3. The molecule has 1 amide bonds. The van der Waals surface area contributed by atoms with Crippen LogP contribution in [0.3, 0.4) is 0 Å². The molecular formula is C22H20N4O4S. The number of H-pyrrole nitrogens is 1. The second-order valence-corrected chi connectivity index (χ2v) is 8.11. The molecule has 31 heavy (non-hydrogen) atoms. The molecule has 3 aromatic rings. The summed E-state index contributed by atoms with van der Waals surface area (Å²) >= 11 is 1.44. The topological polar surface area (TPSA) is 106 Å². The maximum absolute atomic E-state index is 12.7. The average molecular weight is 436 g/mol. The second kappa shape index (κ2) is 8.09. The van der Waals surface area contributed by atoms with Crippen molar-refractivity contribution in [3.63, 3.8) is 0 Å². The number of hydrogen-bond acceptors (Lipinski definition) is 7. The number of nitrogens with one attached hydrogen (secondary N) is 2. The Balaban J connectivity index is 1.31. The van der Waals surface area contributed by atoms with E-state index in [2.05, 4.69) is 32.4 Å². The van der Waals surface area contributed by atoms with Crippen LogP contribution in [-0.2, 0) is 9.47 Å². The third-order valence-corrected chi connectivity index (χ3v) is 6.12. The SMILES string of the molecule is CCOC(=O)c1ccc2nc(NC(=O)c3csc(C4=CCC5OCCC5=C4)n3)[nH]c2c1. The molecule has 1 unspecified atom stereocenters. The van der Waals surface area contributed by atoms with Crippen LogP contribution < -0.4 is 5.32 Å². The molecule has 1 atom stereocenters. The van der Waals surface area contributed by atoms with Crippen molar-refractivity contribution >= 4 is 45.8 Å². The van der Waals surface area contributed by atoms with Gasteiger partial charge in [-0.3, -0.25) is 10.1 Å². The van der Waals surface area contributed by atoms with E-state index in [0.717, 1.165) is 30.0 Å². The molecule has 2 N–H and O–H groups in total. The predicted molar refractivity (Wildman–Crippen MR) is 117 cm³/mol. The molecule has 158 valence electrons. The first kappa shape index (κ1) is 19.7. The van der Waals surface area contributed by atoms with Gasteiger partial charge in [-0.05, 0) is 43.5 Å². The van der Waals surface area contributed by atoms with Crippen LogP contribution in [0.1, 0.15) is 45.6 Å². The molecule has 2 aliphatic rings. The molecular weight excluding hydrogens is 416 g/mol. The molecule has 9 heteroatoms. The molecule has 0 radical (unpaired) electrons. The quantitative estimate of drug-likeness (QED) is 0.587. The Morgan fingerprint density at radius 2 is 2.26 bits per heavy atom. The van der Waals surface area contributed by atoms with E-state index < -0.39 is 5.97 Å². The van der Waals surface area contributed by atoms with Gasteiger partial charge in [0.05, 0.1) is 35.9 Å². The fourth-order valence-corrected chi connectivity index (χ4v) is 4.52. The van der Waals surface area contributed by atoms with Crippen molar-refractivity contribution in [3.8, 4) is 0 Å². The Bertz CT molecular complexity index is 1240. The average Bonchev–Trinajstić information content (AvgIpc) is 3.51. The summed E-state index contributed by atoms with van der Waals surface area (Å²) in [7, 11) is 0. The van der Waals surface area contributed by atoms with Crippen LogP contribution in [0.4, 0.5) is 5.95 Å². The van der Waals surface area contributed by atoms with Crippen molar-refractivity contribution in [2.75, 3.05) is 18.5 Å². The van der Waals surface area contributed by atoms with E-state index in [1.807, 2.05) is 0 Å². The van der Waals surface area contributed by atoms with Crippen molar-refractivity contribution in [1.82, 2.24) is 15.0 Å². The van der Waals surface area contributed by atoms with Crippen LogP contribution in [0.2, 0.25) is 0 Å². The number of allylic oxidation sites excluding steroid dienone is 2. The summed E-state index contributed by atoms with van der Waals surface area (Å²) in [5, 5.41) is 5.29. The molecule has 1 aliphatic carbocycles. The van der Waals surface area contributed by atoms with Gasteiger partial charge in [0.15, 0.2) is 0 Å². The molecule has 0 bridgehead atoms. The number of aromatic amines is 1. The van der Waals surface area contributed by atoms with Gasteiger partial charge in [-0.1, -0.05) is 12.2 Å². The molecule has 1 aliphatic heterocycles. The van der Waals surface area contributed by atoms with Crippen molar-refractivity contribution in [1.29, 1.82) is 0 Å². The summed E-state index contributed by atoms with van der Waals surface area (Å²) in [4.78, 5) is 36.5. The van der Waals surface area contributed by atoms with E-state index in [-0.39, 0.29) is 12.0 Å². The van der Waals surface area contributed by atoms with Crippen LogP contribution >= 0.6 is 11.3 Å². The van der Waals surface area contributed by atoms with Crippen LogP contribution in [0, 0.1) is 0 Å². The highest BCUT2D eigenvalue weighted by molar-refractivity contribution is 7.11. The fraction of sp³-hybridized carbons (Fsp3) is 0.273. The second-order valence-electron chi connectivity index (χ2n) is 7.25. The number of imidazole rings is 1. The maximum Gasteiger partial charge on any atom is 0.338 e. The number of thiazole rings is 1. The molecule has 0 spiro atoms. The van der Waals surface area contributed by atoms with Gasteiger partial charge in [-0.15, -0.1) is 11.3 Å². The van der Waals surface area contributed by atoms with Crippen molar-refractivity contribution < 1.29 is 19.1 Å². The molecule has 5 rings (SSSR count). The first-order chi connectivity index (χ1) is 15.1. The lowest BCUT2D eigenvalue weighted by atomic mass is 9.97. The molecule has 1 saturated heterocycles. The van der Waals surface area contributed by atoms with Gasteiger partial charge < -0.3 is 14.5 Å². The third kappa shape index (κ3) is 3.89. The Labute approximate surface area is 182 Å². The van der Waals surface area contributed by atoms with E-state index in [1.165, 1.54) is 16.9 Å². The summed E-state index contributed by atoms with van der Waals surface area (Å²) in [5.41, 5.74) is 4.35. The Kier molecular flexibility index (Phi) is 5.13. The van der Waals surface area contributed by atoms with Crippen molar-refractivity contribution in [2.45, 2.75) is 25.9 Å². The summed E-state index contributed by atoms with van der Waals surface area (Å²) < 4.78 is 10.7. The van der Waals surface area contributed by atoms with E-state index in [9.17, 15) is 9.59 Å². The van der Waals surface area contributed by atoms with E-state index in [0.29, 0.717) is 34.8 Å². The molecule has 0 saturated carbocycles. The van der Waals surface area contributed by atoms with Crippen molar-refractivity contribution in [2.24, 2.45) is 0 Å². The normalized spacial score (nSPS) is 17.8. The van der Waals surface area contributed by atoms with Gasteiger partial charge in [-0.2, -0.15) is 0 Å². The van der Waals surface area contributed by atoms with Crippen LogP contribution in [0.5, 0.6) is 0 Å². The van der Waals surface area contributed by atoms with E-state index in [4.69, 9.17) is 9.47 Å². The minimum atomic E-state index is -0.401. The number of hydrogen-bond donors (Lipinski definition) is 2. The lowest BCUT2D eigenvalue weighted by Gasteiger charge is -2.14. The maximum atomic E-state index is 12.7. The predicted octanol–water partition coefficient (Wildman–Crippen LogP) is 3.95. The molecule has 1 aromatic carbocycles. The van der Waals surface area contributed by atoms with Gasteiger partial charge in [0.2, 0.25) is 5.95 Å². The number of amides is 1. The number of benzene rings is 1. The summed E-state index contributed by atoms with van der Waals surface area (Å²) in [6.45, 7) is 2.83. The number of carbonyl (C=O) groups excluding carboxylic acids is 2. The summed E-state index contributed by atoms with van der Waals surface area (Å²) in [6.07, 6.45) is 6.23. The zero-order chi connectivity index (χ0) is 21.4. The van der Waals surface area contributed by atoms with Crippen LogP contribution in [-0.4, -0.2) is 46.1 Å². The number of anilines is 1. The fourth-order valence-electron chi connectivity index (χ4n) is 3.71. The first-order valence-corrected chi connectivity index (χ1v) is 10.9.